The lowest BCUT2D eigenvalue weighted by molar-refractivity contribution is 0.100. The van der Waals surface area contributed by atoms with Crippen molar-refractivity contribution in [2.45, 2.75) is 6.92 Å². The van der Waals surface area contributed by atoms with Gasteiger partial charge >= 0.3 is 0 Å². The Hall–Kier alpha value is -2.01. The fourth-order valence-electron chi connectivity index (χ4n) is 1.38. The number of primary amides is 1. The van der Waals surface area contributed by atoms with Gasteiger partial charge in [0.15, 0.2) is 0 Å². The third-order valence-corrected chi connectivity index (χ3v) is 2.25. The maximum Gasteiger partial charge on any atom is 0.248 e. The van der Waals surface area contributed by atoms with Gasteiger partial charge in [-0.25, -0.2) is 0 Å². The normalized spacial score (nSPS) is 10.1. The van der Waals surface area contributed by atoms with Gasteiger partial charge in [0.1, 0.15) is 0 Å². The zero-order valence-electron chi connectivity index (χ0n) is 10.5. The number of hydrogen-bond acceptors (Lipinski definition) is 4. The Morgan fingerprint density at radius 3 is 2.78 bits per heavy atom. The van der Waals surface area contributed by atoms with Crippen molar-refractivity contribution in [2.24, 2.45) is 5.73 Å². The molecular weight excluding hydrogens is 230 g/mol. The van der Waals surface area contributed by atoms with Crippen molar-refractivity contribution in [2.75, 3.05) is 30.8 Å². The molecule has 0 heterocycles. The molecule has 18 heavy (non-hydrogen) atoms. The Kier molecular flexibility index (Phi) is 5.20. The van der Waals surface area contributed by atoms with Gasteiger partial charge in [-0.05, 0) is 25.1 Å². The first kappa shape index (κ1) is 14.1. The summed E-state index contributed by atoms with van der Waals surface area (Å²) in [5.74, 6) is -0.488. The monoisotopic (exact) mass is 249 g/mol. The van der Waals surface area contributed by atoms with Crippen LogP contribution in [-0.4, -0.2) is 25.7 Å². The van der Waals surface area contributed by atoms with Gasteiger partial charge in [0, 0.05) is 12.1 Å². The second-order valence-electron chi connectivity index (χ2n) is 4.10. The fourth-order valence-corrected chi connectivity index (χ4v) is 1.38. The molecule has 5 nitrogen and oxygen atoms in total. The van der Waals surface area contributed by atoms with Gasteiger partial charge in [-0.3, -0.25) is 4.79 Å². The van der Waals surface area contributed by atoms with E-state index in [-0.39, 0.29) is 0 Å². The molecule has 1 amide bonds. The highest BCUT2D eigenvalue weighted by molar-refractivity contribution is 5.94. The molecule has 0 radical (unpaired) electrons. The average Bonchev–Trinajstić information content (AvgIpc) is 2.29. The minimum absolute atomic E-state index is 0.400. The predicted molar refractivity (Wildman–Crippen MR) is 73.5 cm³/mol. The van der Waals surface area contributed by atoms with E-state index < -0.39 is 5.91 Å². The molecule has 1 rings (SSSR count). The molecule has 1 aromatic carbocycles. The Morgan fingerprint density at radius 2 is 2.22 bits per heavy atom. The van der Waals surface area contributed by atoms with Crippen LogP contribution in [0.2, 0.25) is 0 Å². The highest BCUT2D eigenvalue weighted by Crippen LogP contribution is 2.19. The van der Waals surface area contributed by atoms with E-state index in [9.17, 15) is 4.79 Å². The number of carbonyl (C=O) groups is 1. The minimum Gasteiger partial charge on any atom is -0.397 e. The van der Waals surface area contributed by atoms with E-state index in [1.807, 2.05) is 6.92 Å². The predicted octanol–water partition coefficient (Wildman–Crippen LogP) is 1.37. The van der Waals surface area contributed by atoms with Crippen molar-refractivity contribution in [1.82, 2.24) is 0 Å². The Morgan fingerprint density at radius 1 is 1.50 bits per heavy atom. The molecule has 0 bridgehead atoms. The van der Waals surface area contributed by atoms with Crippen LogP contribution in [0.1, 0.15) is 17.3 Å². The van der Waals surface area contributed by atoms with Crippen molar-refractivity contribution in [3.8, 4) is 0 Å². The van der Waals surface area contributed by atoms with Crippen molar-refractivity contribution in [3.05, 3.63) is 35.9 Å². The molecule has 0 aromatic heterocycles. The largest absolute Gasteiger partial charge is 0.397 e. The lowest BCUT2D eigenvalue weighted by Crippen LogP contribution is -2.14. The Labute approximate surface area is 107 Å². The van der Waals surface area contributed by atoms with E-state index in [2.05, 4.69) is 11.9 Å². The first-order valence-corrected chi connectivity index (χ1v) is 5.66. The van der Waals surface area contributed by atoms with Crippen LogP contribution in [0.5, 0.6) is 0 Å². The molecule has 0 aliphatic heterocycles. The highest BCUT2D eigenvalue weighted by Gasteiger charge is 2.04. The molecule has 0 unspecified atom stereocenters. The zero-order chi connectivity index (χ0) is 13.5. The van der Waals surface area contributed by atoms with Crippen LogP contribution in [0.3, 0.4) is 0 Å². The first-order chi connectivity index (χ1) is 8.50. The number of rotatable bonds is 7. The van der Waals surface area contributed by atoms with Crippen LogP contribution < -0.4 is 16.8 Å². The number of nitrogen functional groups attached to an aromatic ring is 1. The summed E-state index contributed by atoms with van der Waals surface area (Å²) in [6.45, 7) is 7.40. The number of benzene rings is 1. The summed E-state index contributed by atoms with van der Waals surface area (Å²) in [5, 5.41) is 3.12. The summed E-state index contributed by atoms with van der Waals surface area (Å²) in [4.78, 5) is 10.9. The van der Waals surface area contributed by atoms with Gasteiger partial charge in [0.25, 0.3) is 0 Å². The molecule has 1 aromatic rings. The molecule has 0 atom stereocenters. The number of hydrogen-bond donors (Lipinski definition) is 3. The quantitative estimate of drug-likeness (QED) is 0.387. The molecule has 0 aliphatic carbocycles. The van der Waals surface area contributed by atoms with Gasteiger partial charge in [-0.2, -0.15) is 0 Å². The highest BCUT2D eigenvalue weighted by atomic mass is 16.5. The maximum atomic E-state index is 10.9. The van der Waals surface area contributed by atoms with E-state index in [4.69, 9.17) is 16.2 Å². The minimum atomic E-state index is -0.488. The number of anilines is 2. The van der Waals surface area contributed by atoms with Gasteiger partial charge in [0.2, 0.25) is 5.91 Å². The van der Waals surface area contributed by atoms with Crippen molar-refractivity contribution >= 4 is 17.3 Å². The molecule has 5 N–H and O–H groups in total. The molecular formula is C13H19N3O2. The van der Waals surface area contributed by atoms with E-state index in [0.29, 0.717) is 31.0 Å². The number of ether oxygens (including phenoxy) is 1. The van der Waals surface area contributed by atoms with Gasteiger partial charge in [-0.1, -0.05) is 12.2 Å². The maximum absolute atomic E-state index is 10.9. The SMILES string of the molecule is C=C(C)COCCNc1ccc(C(N)=O)cc1N. The van der Waals surface area contributed by atoms with Gasteiger partial charge in [0.05, 0.1) is 24.6 Å². The number of nitrogens with two attached hydrogens (primary N) is 2. The molecule has 0 fully saturated rings. The lowest BCUT2D eigenvalue weighted by atomic mass is 10.1. The summed E-state index contributed by atoms with van der Waals surface area (Å²) in [6.07, 6.45) is 0. The third kappa shape index (κ3) is 4.47. The summed E-state index contributed by atoms with van der Waals surface area (Å²) in [7, 11) is 0. The molecule has 98 valence electrons. The Balaban J connectivity index is 2.43. The molecule has 0 aliphatic rings. The lowest BCUT2D eigenvalue weighted by Gasteiger charge is -2.10. The van der Waals surface area contributed by atoms with Gasteiger partial charge in [-0.15, -0.1) is 0 Å². The van der Waals surface area contributed by atoms with Crippen LogP contribution in [-0.2, 0) is 4.74 Å². The summed E-state index contributed by atoms with van der Waals surface area (Å²) in [6, 6.07) is 4.92. The molecule has 5 heteroatoms. The summed E-state index contributed by atoms with van der Waals surface area (Å²) >= 11 is 0. The third-order valence-electron chi connectivity index (χ3n) is 2.25. The average molecular weight is 249 g/mol. The van der Waals surface area contributed by atoms with Crippen LogP contribution in [0.15, 0.2) is 30.4 Å². The van der Waals surface area contributed by atoms with Crippen LogP contribution in [0.25, 0.3) is 0 Å². The van der Waals surface area contributed by atoms with Crippen molar-refractivity contribution < 1.29 is 9.53 Å². The molecule has 0 saturated heterocycles. The fraction of sp³-hybridized carbons (Fsp3) is 0.308. The molecule has 0 spiro atoms. The van der Waals surface area contributed by atoms with E-state index in [0.717, 1.165) is 11.3 Å². The summed E-state index contributed by atoms with van der Waals surface area (Å²) in [5.41, 5.74) is 13.6. The van der Waals surface area contributed by atoms with Crippen LogP contribution in [0.4, 0.5) is 11.4 Å². The smallest absolute Gasteiger partial charge is 0.248 e. The van der Waals surface area contributed by atoms with Gasteiger partial charge < -0.3 is 21.5 Å². The van der Waals surface area contributed by atoms with Crippen LogP contribution in [0, 0.1) is 0 Å². The van der Waals surface area contributed by atoms with Crippen LogP contribution >= 0.6 is 0 Å². The second kappa shape index (κ2) is 6.66. The first-order valence-electron chi connectivity index (χ1n) is 5.66. The summed E-state index contributed by atoms with van der Waals surface area (Å²) < 4.78 is 5.34. The number of nitrogens with one attached hydrogen (secondary N) is 1. The van der Waals surface area contributed by atoms with E-state index >= 15 is 0 Å². The standard InChI is InChI=1S/C13H19N3O2/c1-9(2)8-18-6-5-16-12-4-3-10(13(15)17)7-11(12)14/h3-4,7,16H,1,5-6,8,14H2,2H3,(H2,15,17). The topological polar surface area (TPSA) is 90.4 Å². The number of amides is 1. The Bertz CT molecular complexity index is 444. The second-order valence-corrected chi connectivity index (χ2v) is 4.10. The van der Waals surface area contributed by atoms with Crippen molar-refractivity contribution in [3.63, 3.8) is 0 Å². The van der Waals surface area contributed by atoms with E-state index in [1.165, 1.54) is 0 Å². The zero-order valence-corrected chi connectivity index (χ0v) is 10.5. The van der Waals surface area contributed by atoms with E-state index in [1.54, 1.807) is 18.2 Å². The molecule has 0 saturated carbocycles. The van der Waals surface area contributed by atoms with Crippen molar-refractivity contribution in [1.29, 1.82) is 0 Å². The number of carbonyl (C=O) groups excluding carboxylic acids is 1.